The van der Waals surface area contributed by atoms with Crippen molar-refractivity contribution in [2.45, 2.75) is 17.9 Å². The molecule has 2 aromatic rings. The molecule has 1 aromatic heterocycles. The summed E-state index contributed by atoms with van der Waals surface area (Å²) in [6.07, 6.45) is 1.33. The van der Waals surface area contributed by atoms with Crippen LogP contribution in [0.5, 0.6) is 0 Å². The minimum absolute atomic E-state index is 0.197. The Labute approximate surface area is 113 Å². The summed E-state index contributed by atoms with van der Waals surface area (Å²) in [5, 5.41) is 6.31. The molecule has 2 rings (SSSR count). The molecule has 18 heavy (non-hydrogen) atoms. The van der Waals surface area contributed by atoms with Crippen LogP contribution in [0.15, 0.2) is 40.0 Å². The molecule has 0 radical (unpaired) electrons. The summed E-state index contributed by atoms with van der Waals surface area (Å²) >= 11 is 3.24. The van der Waals surface area contributed by atoms with Gasteiger partial charge in [-0.05, 0) is 25.1 Å². The van der Waals surface area contributed by atoms with Gasteiger partial charge in [-0.3, -0.25) is 5.10 Å². The van der Waals surface area contributed by atoms with Gasteiger partial charge in [-0.25, -0.2) is 18.1 Å². The maximum Gasteiger partial charge on any atom is 0.241 e. The Morgan fingerprint density at radius 1 is 1.44 bits per heavy atom. The molecule has 0 saturated heterocycles. The van der Waals surface area contributed by atoms with Gasteiger partial charge in [0, 0.05) is 4.47 Å². The van der Waals surface area contributed by atoms with Crippen molar-refractivity contribution < 1.29 is 8.42 Å². The van der Waals surface area contributed by atoms with E-state index in [9.17, 15) is 8.42 Å². The van der Waals surface area contributed by atoms with Crippen molar-refractivity contribution in [3.8, 4) is 0 Å². The number of hydrogen-bond acceptors (Lipinski definition) is 4. The van der Waals surface area contributed by atoms with E-state index in [2.05, 4.69) is 35.8 Å². The third kappa shape index (κ3) is 2.95. The van der Waals surface area contributed by atoms with Crippen molar-refractivity contribution in [1.82, 2.24) is 19.9 Å². The smallest absolute Gasteiger partial charge is 0.241 e. The molecule has 0 saturated carbocycles. The van der Waals surface area contributed by atoms with Crippen LogP contribution in [0.1, 0.15) is 18.8 Å². The topological polar surface area (TPSA) is 87.7 Å². The van der Waals surface area contributed by atoms with E-state index in [1.165, 1.54) is 18.5 Å². The summed E-state index contributed by atoms with van der Waals surface area (Å²) in [5.74, 6) is 0.466. The van der Waals surface area contributed by atoms with Gasteiger partial charge in [0.15, 0.2) is 0 Å². The maximum atomic E-state index is 12.1. The van der Waals surface area contributed by atoms with Crippen LogP contribution >= 0.6 is 15.9 Å². The maximum absolute atomic E-state index is 12.1. The van der Waals surface area contributed by atoms with Crippen molar-refractivity contribution in [2.75, 3.05) is 0 Å². The lowest BCUT2D eigenvalue weighted by Gasteiger charge is -2.11. The van der Waals surface area contributed by atoms with Crippen LogP contribution in [0.25, 0.3) is 0 Å². The number of nitrogens with one attached hydrogen (secondary N) is 2. The van der Waals surface area contributed by atoms with E-state index in [0.29, 0.717) is 10.3 Å². The predicted molar refractivity (Wildman–Crippen MR) is 69.3 cm³/mol. The Morgan fingerprint density at radius 2 is 2.22 bits per heavy atom. The molecule has 0 aliphatic carbocycles. The van der Waals surface area contributed by atoms with Crippen LogP contribution in [0.4, 0.5) is 0 Å². The minimum atomic E-state index is -3.58. The second kappa shape index (κ2) is 5.17. The molecule has 2 N–H and O–H groups in total. The van der Waals surface area contributed by atoms with Crippen molar-refractivity contribution in [2.24, 2.45) is 0 Å². The van der Waals surface area contributed by atoms with E-state index in [1.54, 1.807) is 19.1 Å². The summed E-state index contributed by atoms with van der Waals surface area (Å²) < 4.78 is 27.4. The van der Waals surface area contributed by atoms with Gasteiger partial charge < -0.3 is 0 Å². The first kappa shape index (κ1) is 13.2. The Hall–Kier alpha value is -1.25. The zero-order valence-corrected chi connectivity index (χ0v) is 11.9. The second-order valence-corrected chi connectivity index (χ2v) is 6.30. The number of benzene rings is 1. The number of aromatic nitrogens is 3. The van der Waals surface area contributed by atoms with Crippen molar-refractivity contribution in [3.05, 3.63) is 40.9 Å². The third-order valence-corrected chi connectivity index (χ3v) is 4.31. The van der Waals surface area contributed by atoms with Crippen LogP contribution in [0.3, 0.4) is 0 Å². The van der Waals surface area contributed by atoms with Crippen molar-refractivity contribution in [1.29, 1.82) is 0 Å². The quantitative estimate of drug-likeness (QED) is 0.891. The Morgan fingerprint density at radius 3 is 2.83 bits per heavy atom. The predicted octanol–water partition coefficient (Wildman–Crippen LogP) is 1.61. The fraction of sp³-hybridized carbons (Fsp3) is 0.200. The average molecular weight is 331 g/mol. The molecule has 0 aliphatic heterocycles. The van der Waals surface area contributed by atoms with E-state index in [4.69, 9.17) is 0 Å². The SMILES string of the molecule is C[C@@H](NS(=O)(=O)c1cccc(Br)c1)c1ncn[nH]1. The van der Waals surface area contributed by atoms with E-state index in [-0.39, 0.29) is 4.90 Å². The van der Waals surface area contributed by atoms with E-state index >= 15 is 0 Å². The monoisotopic (exact) mass is 330 g/mol. The number of aromatic amines is 1. The third-order valence-electron chi connectivity index (χ3n) is 2.28. The molecule has 0 amide bonds. The Bertz CT molecular complexity index is 627. The number of halogens is 1. The highest BCUT2D eigenvalue weighted by atomic mass is 79.9. The summed E-state index contributed by atoms with van der Waals surface area (Å²) in [7, 11) is -3.58. The average Bonchev–Trinajstić information content (AvgIpc) is 2.82. The van der Waals surface area contributed by atoms with Gasteiger partial charge in [0.25, 0.3) is 0 Å². The summed E-state index contributed by atoms with van der Waals surface area (Å²) in [4.78, 5) is 4.11. The van der Waals surface area contributed by atoms with Gasteiger partial charge in [0.05, 0.1) is 10.9 Å². The molecule has 0 fully saturated rings. The number of nitrogens with zero attached hydrogens (tertiary/aromatic N) is 2. The second-order valence-electron chi connectivity index (χ2n) is 3.67. The molecule has 8 heteroatoms. The zero-order chi connectivity index (χ0) is 13.2. The first-order chi connectivity index (χ1) is 8.49. The molecule has 1 heterocycles. The molecular weight excluding hydrogens is 320 g/mol. The van der Waals surface area contributed by atoms with Gasteiger partial charge in [0.1, 0.15) is 12.2 Å². The highest BCUT2D eigenvalue weighted by Crippen LogP contribution is 2.18. The standard InChI is InChI=1S/C10H11BrN4O2S/c1-7(10-12-6-13-14-10)15-18(16,17)9-4-2-3-8(11)5-9/h2-7,15H,1H3,(H,12,13,14)/t7-/m1/s1. The zero-order valence-electron chi connectivity index (χ0n) is 9.46. The molecule has 0 aliphatic rings. The Balaban J connectivity index is 2.22. The van der Waals surface area contributed by atoms with E-state index in [0.717, 1.165) is 0 Å². The lowest BCUT2D eigenvalue weighted by atomic mass is 10.3. The van der Waals surface area contributed by atoms with Crippen LogP contribution in [0.2, 0.25) is 0 Å². The lowest BCUT2D eigenvalue weighted by molar-refractivity contribution is 0.560. The lowest BCUT2D eigenvalue weighted by Crippen LogP contribution is -2.27. The molecule has 0 unspecified atom stereocenters. The molecule has 0 spiro atoms. The summed E-state index contributed by atoms with van der Waals surface area (Å²) in [6, 6.07) is 6.02. The van der Waals surface area contributed by atoms with Gasteiger partial charge in [-0.2, -0.15) is 5.10 Å². The normalized spacial score (nSPS) is 13.4. The fourth-order valence-corrected chi connectivity index (χ4v) is 3.22. The first-order valence-corrected chi connectivity index (χ1v) is 7.40. The van der Waals surface area contributed by atoms with Gasteiger partial charge in [-0.1, -0.05) is 22.0 Å². The van der Waals surface area contributed by atoms with Crippen LogP contribution in [-0.2, 0) is 10.0 Å². The fourth-order valence-electron chi connectivity index (χ4n) is 1.41. The van der Waals surface area contributed by atoms with Crippen molar-refractivity contribution >= 4 is 26.0 Å². The largest absolute Gasteiger partial charge is 0.262 e. The van der Waals surface area contributed by atoms with E-state index in [1.807, 2.05) is 0 Å². The van der Waals surface area contributed by atoms with Crippen LogP contribution in [-0.4, -0.2) is 23.6 Å². The number of hydrogen-bond donors (Lipinski definition) is 2. The number of rotatable bonds is 4. The van der Waals surface area contributed by atoms with Gasteiger partial charge in [-0.15, -0.1) is 0 Å². The molecule has 6 nitrogen and oxygen atoms in total. The Kier molecular flexibility index (Phi) is 3.79. The molecular formula is C10H11BrN4O2S. The molecule has 1 atom stereocenters. The molecule has 0 bridgehead atoms. The minimum Gasteiger partial charge on any atom is -0.262 e. The van der Waals surface area contributed by atoms with Crippen molar-refractivity contribution in [3.63, 3.8) is 0 Å². The van der Waals surface area contributed by atoms with Gasteiger partial charge >= 0.3 is 0 Å². The number of H-pyrrole nitrogens is 1. The highest BCUT2D eigenvalue weighted by molar-refractivity contribution is 9.10. The highest BCUT2D eigenvalue weighted by Gasteiger charge is 2.19. The van der Waals surface area contributed by atoms with Crippen LogP contribution < -0.4 is 4.72 Å². The molecule has 96 valence electrons. The summed E-state index contributed by atoms with van der Waals surface area (Å²) in [5.41, 5.74) is 0. The molecule has 1 aromatic carbocycles. The number of sulfonamides is 1. The van der Waals surface area contributed by atoms with Crippen LogP contribution in [0, 0.1) is 0 Å². The van der Waals surface area contributed by atoms with Gasteiger partial charge in [0.2, 0.25) is 10.0 Å². The van der Waals surface area contributed by atoms with E-state index < -0.39 is 16.1 Å². The first-order valence-electron chi connectivity index (χ1n) is 5.12. The summed E-state index contributed by atoms with van der Waals surface area (Å²) in [6.45, 7) is 1.69.